The first-order valence-electron chi connectivity index (χ1n) is 28.9. The van der Waals surface area contributed by atoms with Crippen LogP contribution in [-0.2, 0) is 21.7 Å². The third kappa shape index (κ3) is 6.90. The molecule has 0 saturated carbocycles. The molecule has 0 aliphatic heterocycles. The van der Waals surface area contributed by atoms with Gasteiger partial charge in [-0.25, -0.2) is 0 Å². The summed E-state index contributed by atoms with van der Waals surface area (Å²) in [4.78, 5) is 0. The fourth-order valence-corrected chi connectivity index (χ4v) is 14.0. The molecule has 0 aliphatic rings. The van der Waals surface area contributed by atoms with Crippen LogP contribution in [0, 0.1) is 0 Å². The first-order chi connectivity index (χ1) is 38.3. The molecule has 0 saturated heterocycles. The smallest absolute Gasteiger partial charge is 0.0628 e. The molecule has 0 bridgehead atoms. The van der Waals surface area contributed by atoms with Crippen LogP contribution in [0.4, 0.5) is 0 Å². The second kappa shape index (κ2) is 16.6. The van der Waals surface area contributed by atoms with Crippen molar-refractivity contribution in [3.8, 4) is 44.5 Å². The van der Waals surface area contributed by atoms with E-state index in [9.17, 15) is 0 Å². The zero-order chi connectivity index (χ0) is 55.1. The van der Waals surface area contributed by atoms with E-state index in [2.05, 4.69) is 286 Å². The van der Waals surface area contributed by atoms with E-state index in [0.29, 0.717) is 0 Å². The van der Waals surface area contributed by atoms with Gasteiger partial charge < -0.3 is 8.80 Å². The highest BCUT2D eigenvalue weighted by Gasteiger charge is 2.33. The first kappa shape index (κ1) is 48.6. The van der Waals surface area contributed by atoms with Crippen molar-refractivity contribution in [2.24, 2.45) is 0 Å². The number of hydrogen-bond acceptors (Lipinski definition) is 0. The molecule has 0 aliphatic carbocycles. The van der Waals surface area contributed by atoms with Crippen LogP contribution in [0.1, 0.15) is 105 Å². The standard InChI is InChI=1S/C78H68N2/c1-75(2,3)47-34-36-64-57(38-47)60-41-50(78(10,11)12)43-63-70-66(79(64)73(60)63)44-62-61-42-49(77(7,8)9)40-59-58-39-48(76(4,5)6)35-37-65(58)80(72(59)61)74(62)71(70)69-55-30-21-19-28-53(55)68(54-29-20-22-31-56(54)69)67-51(45-24-15-13-16-25-45)32-23-33-52(67)46-26-17-14-18-27-46/h13-44H,1-12H3. The summed E-state index contributed by atoms with van der Waals surface area (Å²) in [7, 11) is 0. The average molecular weight is 1030 g/mol. The highest BCUT2D eigenvalue weighted by molar-refractivity contribution is 6.37. The van der Waals surface area contributed by atoms with Crippen molar-refractivity contribution in [3.63, 3.8) is 0 Å². The summed E-state index contributed by atoms with van der Waals surface area (Å²) in [6.07, 6.45) is 0. The van der Waals surface area contributed by atoms with Gasteiger partial charge in [-0.2, -0.15) is 0 Å². The topological polar surface area (TPSA) is 8.82 Å². The Morgan fingerprint density at radius 3 is 1.05 bits per heavy atom. The van der Waals surface area contributed by atoms with Gasteiger partial charge in [-0.1, -0.05) is 223 Å². The molecule has 4 aromatic heterocycles. The van der Waals surface area contributed by atoms with Crippen LogP contribution < -0.4 is 0 Å². The Kier molecular flexibility index (Phi) is 10.1. The molecular formula is C78H68N2. The maximum Gasteiger partial charge on any atom is 0.0628 e. The molecule has 2 nitrogen and oxygen atoms in total. The molecule has 15 aromatic rings. The molecule has 80 heavy (non-hydrogen) atoms. The minimum absolute atomic E-state index is 0.00578. The fraction of sp³-hybridized carbons (Fsp3) is 0.205. The average Bonchev–Trinajstić information content (AvgIpc) is 3.86. The quantitative estimate of drug-likeness (QED) is 0.155. The minimum atomic E-state index is -0.114. The number of benzene rings is 11. The van der Waals surface area contributed by atoms with Gasteiger partial charge in [-0.15, -0.1) is 0 Å². The number of rotatable bonds is 4. The first-order valence-corrected chi connectivity index (χ1v) is 28.9. The second-order valence-corrected chi connectivity index (χ2v) is 27.3. The Hall–Kier alpha value is -8.46. The Morgan fingerprint density at radius 2 is 0.600 bits per heavy atom. The molecule has 390 valence electrons. The summed E-state index contributed by atoms with van der Waals surface area (Å²) in [6.45, 7) is 28.3. The van der Waals surface area contributed by atoms with Gasteiger partial charge in [0.15, 0.2) is 0 Å². The van der Waals surface area contributed by atoms with Gasteiger partial charge in [0, 0.05) is 54.2 Å². The predicted molar refractivity (Wildman–Crippen MR) is 347 cm³/mol. The van der Waals surface area contributed by atoms with Gasteiger partial charge in [0.1, 0.15) is 0 Å². The number of aromatic nitrogens is 2. The monoisotopic (exact) mass is 1030 g/mol. The predicted octanol–water partition coefficient (Wildman–Crippen LogP) is 22.2. The van der Waals surface area contributed by atoms with E-state index in [1.54, 1.807) is 0 Å². The number of nitrogens with zero attached hydrogens (tertiary/aromatic N) is 2. The fourth-order valence-electron chi connectivity index (χ4n) is 14.0. The van der Waals surface area contributed by atoms with Crippen molar-refractivity contribution in [2.75, 3.05) is 0 Å². The molecule has 2 heteroatoms. The van der Waals surface area contributed by atoms with Gasteiger partial charge in [-0.05, 0) is 153 Å². The number of hydrogen-bond donors (Lipinski definition) is 0. The van der Waals surface area contributed by atoms with Crippen LogP contribution in [0.25, 0.3) is 142 Å². The lowest BCUT2D eigenvalue weighted by Gasteiger charge is -2.23. The Morgan fingerprint density at radius 1 is 0.237 bits per heavy atom. The molecule has 0 unspecified atom stereocenters. The van der Waals surface area contributed by atoms with E-state index in [-0.39, 0.29) is 21.7 Å². The molecule has 15 rings (SSSR count). The maximum atomic E-state index is 2.70. The van der Waals surface area contributed by atoms with Crippen LogP contribution in [0.3, 0.4) is 0 Å². The van der Waals surface area contributed by atoms with Crippen molar-refractivity contribution in [1.82, 2.24) is 8.80 Å². The van der Waals surface area contributed by atoms with Crippen molar-refractivity contribution in [3.05, 3.63) is 216 Å². The van der Waals surface area contributed by atoms with Crippen molar-refractivity contribution >= 4 is 97.7 Å². The van der Waals surface area contributed by atoms with Crippen LogP contribution in [0.5, 0.6) is 0 Å². The van der Waals surface area contributed by atoms with Gasteiger partial charge >= 0.3 is 0 Å². The van der Waals surface area contributed by atoms with Crippen LogP contribution in [-0.4, -0.2) is 8.80 Å². The van der Waals surface area contributed by atoms with Crippen LogP contribution in [0.2, 0.25) is 0 Å². The van der Waals surface area contributed by atoms with Crippen molar-refractivity contribution in [1.29, 1.82) is 0 Å². The Bertz CT molecular complexity index is 4930. The van der Waals surface area contributed by atoms with Gasteiger partial charge in [0.2, 0.25) is 0 Å². The third-order valence-electron chi connectivity index (χ3n) is 18.2. The summed E-state index contributed by atoms with van der Waals surface area (Å²) in [5.41, 5.74) is 22.7. The van der Waals surface area contributed by atoms with E-state index in [1.165, 1.54) is 164 Å². The summed E-state index contributed by atoms with van der Waals surface area (Å²) in [6, 6.07) is 75.1. The lowest BCUT2D eigenvalue weighted by Crippen LogP contribution is -2.11. The van der Waals surface area contributed by atoms with E-state index >= 15 is 0 Å². The molecular weight excluding hydrogens is 965 g/mol. The minimum Gasteiger partial charge on any atom is -0.308 e. The summed E-state index contributed by atoms with van der Waals surface area (Å²) in [5.74, 6) is 0. The van der Waals surface area contributed by atoms with Crippen molar-refractivity contribution < 1.29 is 0 Å². The molecule has 0 amide bonds. The molecule has 0 radical (unpaired) electrons. The van der Waals surface area contributed by atoms with Gasteiger partial charge in [-0.3, -0.25) is 0 Å². The third-order valence-corrected chi connectivity index (χ3v) is 18.2. The number of fused-ring (bicyclic) bond motifs is 14. The normalized spacial score (nSPS) is 13.2. The molecule has 0 atom stereocenters. The van der Waals surface area contributed by atoms with Gasteiger partial charge in [0.05, 0.1) is 33.1 Å². The van der Waals surface area contributed by atoms with E-state index in [4.69, 9.17) is 0 Å². The molecule has 0 N–H and O–H groups in total. The SMILES string of the molecule is CC(C)(C)c1ccc2c(c1)c1cc(C(C)(C)C)cc3c4c(-c5c6ccccc6c(-c6c(-c7ccccc7)cccc6-c6ccccc6)c6ccccc56)c5c(cc4n2c13)c1cc(C(C)(C)C)cc2c3cc(C(C)(C)C)ccc3n5c21. The molecule has 11 aromatic carbocycles. The van der Waals surface area contributed by atoms with E-state index < -0.39 is 0 Å². The Balaban J connectivity index is 1.22. The highest BCUT2D eigenvalue weighted by Crippen LogP contribution is 2.56. The molecule has 0 spiro atoms. The van der Waals surface area contributed by atoms with Crippen LogP contribution >= 0.6 is 0 Å². The maximum absolute atomic E-state index is 2.70. The summed E-state index contributed by atoms with van der Waals surface area (Å²) >= 11 is 0. The van der Waals surface area contributed by atoms with E-state index in [0.717, 1.165) is 0 Å². The van der Waals surface area contributed by atoms with Gasteiger partial charge in [0.25, 0.3) is 0 Å². The highest BCUT2D eigenvalue weighted by atomic mass is 14.9. The largest absolute Gasteiger partial charge is 0.308 e. The molecule has 4 heterocycles. The van der Waals surface area contributed by atoms with E-state index in [1.807, 2.05) is 0 Å². The Labute approximate surface area is 469 Å². The zero-order valence-corrected chi connectivity index (χ0v) is 48.4. The zero-order valence-electron chi connectivity index (χ0n) is 48.4. The van der Waals surface area contributed by atoms with Crippen LogP contribution in [0.15, 0.2) is 194 Å². The van der Waals surface area contributed by atoms with Crippen molar-refractivity contribution in [2.45, 2.75) is 105 Å². The summed E-state index contributed by atoms with van der Waals surface area (Å²) in [5, 5.41) is 15.5. The summed E-state index contributed by atoms with van der Waals surface area (Å²) < 4.78 is 5.36. The molecule has 0 fully saturated rings. The second-order valence-electron chi connectivity index (χ2n) is 27.3. The lowest BCUT2D eigenvalue weighted by atomic mass is 9.80. The lowest BCUT2D eigenvalue weighted by molar-refractivity contribution is 0.590.